The summed E-state index contributed by atoms with van der Waals surface area (Å²) in [6.07, 6.45) is 0.959. The van der Waals surface area contributed by atoms with E-state index in [9.17, 15) is 9.59 Å². The van der Waals surface area contributed by atoms with Crippen LogP contribution in [-0.4, -0.2) is 30.8 Å². The standard InChI is InChI=1S/C20H19N5O2S/c1-3-13-8-10-14(11-9-13)21-17(26)12-28-20-23-22-19-24(2)18(27)15-6-4-5-7-16(15)25(19)20/h4-11H,3,12H2,1-2H3,(H,21,26). The molecule has 0 spiro atoms. The second-order valence-corrected chi connectivity index (χ2v) is 7.33. The third-order valence-electron chi connectivity index (χ3n) is 4.57. The van der Waals surface area contributed by atoms with Crippen LogP contribution in [0.3, 0.4) is 0 Å². The summed E-state index contributed by atoms with van der Waals surface area (Å²) in [5, 5.41) is 12.4. The van der Waals surface area contributed by atoms with Gasteiger partial charge < -0.3 is 5.32 Å². The minimum Gasteiger partial charge on any atom is -0.325 e. The molecular weight excluding hydrogens is 374 g/mol. The lowest BCUT2D eigenvalue weighted by Crippen LogP contribution is -2.20. The number of fused-ring (bicyclic) bond motifs is 3. The van der Waals surface area contributed by atoms with E-state index in [-0.39, 0.29) is 17.2 Å². The maximum Gasteiger partial charge on any atom is 0.262 e. The van der Waals surface area contributed by atoms with E-state index in [1.165, 1.54) is 21.9 Å². The average Bonchev–Trinajstić information content (AvgIpc) is 3.15. The molecule has 1 N–H and O–H groups in total. The number of nitrogens with zero attached hydrogens (tertiary/aromatic N) is 4. The van der Waals surface area contributed by atoms with Crippen molar-refractivity contribution in [3.8, 4) is 0 Å². The molecule has 0 saturated carbocycles. The predicted molar refractivity (Wildman–Crippen MR) is 111 cm³/mol. The zero-order valence-corrected chi connectivity index (χ0v) is 16.4. The van der Waals surface area contributed by atoms with E-state index in [1.54, 1.807) is 13.1 Å². The molecule has 8 heteroatoms. The van der Waals surface area contributed by atoms with Crippen molar-refractivity contribution in [2.75, 3.05) is 11.1 Å². The molecule has 4 rings (SSSR count). The van der Waals surface area contributed by atoms with Crippen LogP contribution >= 0.6 is 11.8 Å². The van der Waals surface area contributed by atoms with Crippen LogP contribution in [0, 0.1) is 0 Å². The Morgan fingerprint density at radius 1 is 1.11 bits per heavy atom. The average molecular weight is 393 g/mol. The lowest BCUT2D eigenvalue weighted by molar-refractivity contribution is -0.113. The smallest absolute Gasteiger partial charge is 0.262 e. The van der Waals surface area contributed by atoms with Gasteiger partial charge in [0.25, 0.3) is 5.56 Å². The van der Waals surface area contributed by atoms with Gasteiger partial charge in [0.2, 0.25) is 11.7 Å². The molecule has 28 heavy (non-hydrogen) atoms. The molecule has 0 fully saturated rings. The van der Waals surface area contributed by atoms with Crippen molar-refractivity contribution >= 4 is 40.0 Å². The number of benzene rings is 2. The summed E-state index contributed by atoms with van der Waals surface area (Å²) in [6, 6.07) is 15.1. The van der Waals surface area contributed by atoms with Gasteiger partial charge in [0.15, 0.2) is 5.16 Å². The van der Waals surface area contributed by atoms with Gasteiger partial charge in [-0.25, -0.2) is 0 Å². The van der Waals surface area contributed by atoms with Gasteiger partial charge in [-0.3, -0.25) is 18.6 Å². The monoisotopic (exact) mass is 393 g/mol. The summed E-state index contributed by atoms with van der Waals surface area (Å²) < 4.78 is 3.28. The van der Waals surface area contributed by atoms with Gasteiger partial charge in [-0.2, -0.15) is 0 Å². The number of amides is 1. The second-order valence-electron chi connectivity index (χ2n) is 6.39. The topological polar surface area (TPSA) is 81.3 Å². The minimum absolute atomic E-state index is 0.125. The molecule has 1 amide bonds. The van der Waals surface area contributed by atoms with Crippen LogP contribution in [0.15, 0.2) is 58.5 Å². The molecule has 2 aromatic carbocycles. The fraction of sp³-hybridized carbons (Fsp3) is 0.200. The number of para-hydroxylation sites is 1. The summed E-state index contributed by atoms with van der Waals surface area (Å²) >= 11 is 1.28. The molecule has 0 aliphatic carbocycles. The minimum atomic E-state index is -0.125. The van der Waals surface area contributed by atoms with E-state index >= 15 is 0 Å². The SMILES string of the molecule is CCc1ccc(NC(=O)CSc2nnc3n(C)c(=O)c4ccccc4n23)cc1. The van der Waals surface area contributed by atoms with Crippen LogP contribution in [0.2, 0.25) is 0 Å². The van der Waals surface area contributed by atoms with Crippen molar-refractivity contribution in [3.63, 3.8) is 0 Å². The van der Waals surface area contributed by atoms with E-state index < -0.39 is 0 Å². The molecule has 0 atom stereocenters. The Morgan fingerprint density at radius 3 is 2.61 bits per heavy atom. The molecule has 2 heterocycles. The largest absolute Gasteiger partial charge is 0.325 e. The molecule has 0 aliphatic rings. The first kappa shape index (κ1) is 18.2. The molecule has 2 aromatic heterocycles. The van der Waals surface area contributed by atoms with Crippen molar-refractivity contribution in [3.05, 3.63) is 64.4 Å². The Hall–Kier alpha value is -3.13. The van der Waals surface area contributed by atoms with E-state index in [1.807, 2.05) is 46.9 Å². The number of carbonyl (C=O) groups excluding carboxylic acids is 1. The highest BCUT2D eigenvalue weighted by Gasteiger charge is 2.15. The molecule has 142 valence electrons. The molecule has 0 bridgehead atoms. The number of aromatic nitrogens is 4. The van der Waals surface area contributed by atoms with Crippen molar-refractivity contribution in [2.24, 2.45) is 7.05 Å². The molecular formula is C20H19N5O2S. The second kappa shape index (κ2) is 7.47. The summed E-state index contributed by atoms with van der Waals surface area (Å²) in [7, 11) is 1.67. The van der Waals surface area contributed by atoms with E-state index in [0.29, 0.717) is 16.3 Å². The van der Waals surface area contributed by atoms with E-state index in [0.717, 1.165) is 17.6 Å². The number of nitrogens with one attached hydrogen (secondary N) is 1. The lowest BCUT2D eigenvalue weighted by atomic mass is 10.1. The van der Waals surface area contributed by atoms with E-state index in [2.05, 4.69) is 22.4 Å². The van der Waals surface area contributed by atoms with Crippen LogP contribution in [-0.2, 0) is 18.3 Å². The molecule has 0 aliphatic heterocycles. The third kappa shape index (κ3) is 3.27. The molecule has 0 radical (unpaired) electrons. The fourth-order valence-electron chi connectivity index (χ4n) is 3.06. The van der Waals surface area contributed by atoms with Gasteiger partial charge in [-0.15, -0.1) is 10.2 Å². The number of hydrogen-bond donors (Lipinski definition) is 1. The number of carbonyl (C=O) groups is 1. The zero-order valence-electron chi connectivity index (χ0n) is 15.5. The van der Waals surface area contributed by atoms with Crippen LogP contribution in [0.1, 0.15) is 12.5 Å². The Bertz CT molecular complexity index is 1230. The van der Waals surface area contributed by atoms with Crippen LogP contribution in [0.25, 0.3) is 16.7 Å². The first-order valence-corrected chi connectivity index (χ1v) is 9.91. The highest BCUT2D eigenvalue weighted by atomic mass is 32.2. The highest BCUT2D eigenvalue weighted by Crippen LogP contribution is 2.21. The first-order chi connectivity index (χ1) is 13.6. The van der Waals surface area contributed by atoms with Gasteiger partial charge >= 0.3 is 0 Å². The highest BCUT2D eigenvalue weighted by molar-refractivity contribution is 7.99. The summed E-state index contributed by atoms with van der Waals surface area (Å²) in [5.74, 6) is 0.509. The van der Waals surface area contributed by atoms with Gasteiger partial charge in [-0.1, -0.05) is 43.0 Å². The molecule has 4 aromatic rings. The Balaban J connectivity index is 1.58. The predicted octanol–water partition coefficient (Wildman–Crippen LogP) is 2.87. The van der Waals surface area contributed by atoms with Crippen LogP contribution in [0.4, 0.5) is 5.69 Å². The van der Waals surface area contributed by atoms with Gasteiger partial charge in [0.05, 0.1) is 16.7 Å². The fourth-order valence-corrected chi connectivity index (χ4v) is 3.80. The van der Waals surface area contributed by atoms with E-state index in [4.69, 9.17) is 0 Å². The van der Waals surface area contributed by atoms with Crippen molar-refractivity contribution < 1.29 is 4.79 Å². The van der Waals surface area contributed by atoms with Crippen molar-refractivity contribution in [1.82, 2.24) is 19.2 Å². The number of aryl methyl sites for hydroxylation is 2. The van der Waals surface area contributed by atoms with Gasteiger partial charge in [-0.05, 0) is 36.2 Å². The Morgan fingerprint density at radius 2 is 1.86 bits per heavy atom. The maximum absolute atomic E-state index is 12.5. The number of hydrogen-bond acceptors (Lipinski definition) is 5. The van der Waals surface area contributed by atoms with Crippen LogP contribution < -0.4 is 10.9 Å². The lowest BCUT2D eigenvalue weighted by Gasteiger charge is -2.08. The molecule has 0 unspecified atom stereocenters. The van der Waals surface area contributed by atoms with Crippen molar-refractivity contribution in [2.45, 2.75) is 18.5 Å². The summed E-state index contributed by atoms with van der Waals surface area (Å²) in [4.78, 5) is 24.8. The Labute approximate surface area is 165 Å². The number of anilines is 1. The zero-order chi connectivity index (χ0) is 19.7. The van der Waals surface area contributed by atoms with Crippen LogP contribution in [0.5, 0.6) is 0 Å². The summed E-state index contributed by atoms with van der Waals surface area (Å²) in [6.45, 7) is 2.09. The van der Waals surface area contributed by atoms with Crippen molar-refractivity contribution in [1.29, 1.82) is 0 Å². The molecule has 0 saturated heterocycles. The normalized spacial score (nSPS) is 11.2. The van der Waals surface area contributed by atoms with Gasteiger partial charge in [0.1, 0.15) is 0 Å². The van der Waals surface area contributed by atoms with Gasteiger partial charge in [0, 0.05) is 12.7 Å². The number of thioether (sulfide) groups is 1. The first-order valence-electron chi connectivity index (χ1n) is 8.93. The number of rotatable bonds is 5. The Kier molecular flexibility index (Phi) is 4.87. The summed E-state index contributed by atoms with van der Waals surface area (Å²) in [5.41, 5.74) is 2.59. The molecule has 7 nitrogen and oxygen atoms in total. The quantitative estimate of drug-likeness (QED) is 0.527. The maximum atomic E-state index is 12.5. The third-order valence-corrected chi connectivity index (χ3v) is 5.50.